The summed E-state index contributed by atoms with van der Waals surface area (Å²) < 4.78 is 11.2. The monoisotopic (exact) mass is 244 g/mol. The topological polar surface area (TPSA) is 32.3 Å². The quantitative estimate of drug-likeness (QED) is 0.782. The molecule has 1 saturated carbocycles. The zero-order valence-corrected chi connectivity index (χ0v) is 11.3. The fourth-order valence-electron chi connectivity index (χ4n) is 2.32. The molecule has 4 heteroatoms. The second-order valence-corrected chi connectivity index (χ2v) is 6.97. The van der Waals surface area contributed by atoms with Gasteiger partial charge in [-0.1, -0.05) is 0 Å². The minimum absolute atomic E-state index is 0.532. The molecule has 16 heavy (non-hydrogen) atoms. The Balaban J connectivity index is 1.64. The highest BCUT2D eigenvalue weighted by atomic mass is 32.2. The van der Waals surface area contributed by atoms with Crippen molar-refractivity contribution in [3.8, 4) is 0 Å². The molecule has 0 spiro atoms. The fraction of sp³-hybridized carbons (Fsp3) is 1.00. The Labute approximate surface area is 101 Å². The summed E-state index contributed by atoms with van der Waals surface area (Å²) >= 11 is 0. The molecule has 1 atom stereocenters. The molecule has 0 aromatic carbocycles. The minimum atomic E-state index is -0.532. The maximum Gasteiger partial charge on any atom is 0.0249 e. The summed E-state index contributed by atoms with van der Waals surface area (Å²) in [6.07, 6.45) is 4.94. The average Bonchev–Trinajstić information content (AvgIpc) is 3.11. The van der Waals surface area contributed by atoms with E-state index in [0.29, 0.717) is 12.1 Å². The highest BCUT2D eigenvalue weighted by Crippen LogP contribution is 2.26. The number of hydrogen-bond donors (Lipinski definition) is 1. The summed E-state index contributed by atoms with van der Waals surface area (Å²) in [5.74, 6) is 1.79. The van der Waals surface area contributed by atoms with E-state index in [1.165, 1.54) is 12.8 Å². The molecule has 1 unspecified atom stereocenters. The van der Waals surface area contributed by atoms with Gasteiger partial charge in [0.05, 0.1) is 0 Å². The van der Waals surface area contributed by atoms with Crippen molar-refractivity contribution in [1.29, 1.82) is 0 Å². The van der Waals surface area contributed by atoms with Crippen molar-refractivity contribution < 1.29 is 4.21 Å². The van der Waals surface area contributed by atoms with Crippen molar-refractivity contribution in [2.75, 3.05) is 25.1 Å². The molecular formula is C12H24N2OS. The Kier molecular flexibility index (Phi) is 4.39. The summed E-state index contributed by atoms with van der Waals surface area (Å²) in [7, 11) is 1.70. The van der Waals surface area contributed by atoms with Crippen molar-refractivity contribution >= 4 is 10.8 Å². The molecule has 2 aliphatic rings. The lowest BCUT2D eigenvalue weighted by Crippen LogP contribution is -2.44. The van der Waals surface area contributed by atoms with Crippen LogP contribution in [0, 0.1) is 0 Å². The molecular weight excluding hydrogens is 220 g/mol. The summed E-state index contributed by atoms with van der Waals surface area (Å²) in [4.78, 5) is 2.49. The van der Waals surface area contributed by atoms with Gasteiger partial charge in [-0.05, 0) is 39.7 Å². The van der Waals surface area contributed by atoms with Gasteiger partial charge in [-0.25, -0.2) is 0 Å². The van der Waals surface area contributed by atoms with Crippen LogP contribution in [0.3, 0.4) is 0 Å². The lowest BCUT2D eigenvalue weighted by Gasteiger charge is -2.28. The molecule has 2 rings (SSSR count). The Morgan fingerprint density at radius 1 is 1.31 bits per heavy atom. The fourth-order valence-corrected chi connectivity index (χ4v) is 3.62. The van der Waals surface area contributed by atoms with Gasteiger partial charge >= 0.3 is 0 Å². The van der Waals surface area contributed by atoms with Gasteiger partial charge in [-0.15, -0.1) is 0 Å². The average molecular weight is 244 g/mol. The van der Waals surface area contributed by atoms with Crippen LogP contribution < -0.4 is 5.32 Å². The molecule has 0 bridgehead atoms. The summed E-state index contributed by atoms with van der Waals surface area (Å²) in [5.41, 5.74) is 0. The third-order valence-electron chi connectivity index (χ3n) is 3.91. The first-order valence-electron chi connectivity index (χ1n) is 6.47. The molecule has 1 N–H and O–H groups in total. The van der Waals surface area contributed by atoms with E-state index in [1.807, 2.05) is 0 Å². The predicted octanol–water partition coefficient (Wildman–Crippen LogP) is 0.970. The Morgan fingerprint density at radius 3 is 2.50 bits per heavy atom. The Morgan fingerprint density at radius 2 is 1.94 bits per heavy atom. The number of nitrogens with zero attached hydrogens (tertiary/aromatic N) is 1. The zero-order chi connectivity index (χ0) is 11.5. The third-order valence-corrected chi connectivity index (χ3v) is 5.29. The van der Waals surface area contributed by atoms with Crippen LogP contribution in [0.4, 0.5) is 0 Å². The van der Waals surface area contributed by atoms with E-state index in [9.17, 15) is 4.21 Å². The maximum atomic E-state index is 11.2. The zero-order valence-electron chi connectivity index (χ0n) is 10.4. The van der Waals surface area contributed by atoms with Gasteiger partial charge in [0.1, 0.15) is 0 Å². The molecule has 0 amide bonds. The third kappa shape index (κ3) is 3.54. The van der Waals surface area contributed by atoms with Crippen molar-refractivity contribution in [2.24, 2.45) is 0 Å². The van der Waals surface area contributed by atoms with Gasteiger partial charge in [-0.3, -0.25) is 9.11 Å². The van der Waals surface area contributed by atoms with Gasteiger partial charge in [-0.2, -0.15) is 0 Å². The molecule has 3 nitrogen and oxygen atoms in total. The molecule has 94 valence electrons. The van der Waals surface area contributed by atoms with Crippen LogP contribution in [0.2, 0.25) is 0 Å². The lowest BCUT2D eigenvalue weighted by atomic mass is 10.1. The SMILES string of the molecule is CC(CNC1CCS(=O)CC1)N(C)C1CC1. The van der Waals surface area contributed by atoms with E-state index in [2.05, 4.69) is 24.2 Å². The van der Waals surface area contributed by atoms with Gasteiger partial charge in [0.15, 0.2) is 0 Å². The molecule has 1 heterocycles. The van der Waals surface area contributed by atoms with Crippen LogP contribution >= 0.6 is 0 Å². The Bertz CT molecular complexity index is 245. The van der Waals surface area contributed by atoms with E-state index < -0.39 is 10.8 Å². The van der Waals surface area contributed by atoms with Gasteiger partial charge in [0.25, 0.3) is 0 Å². The molecule has 1 saturated heterocycles. The van der Waals surface area contributed by atoms with Gasteiger partial charge in [0.2, 0.25) is 0 Å². The number of nitrogens with one attached hydrogen (secondary N) is 1. The number of hydrogen-bond acceptors (Lipinski definition) is 3. The number of likely N-dealkylation sites (N-methyl/N-ethyl adjacent to an activating group) is 1. The highest BCUT2D eigenvalue weighted by Gasteiger charge is 2.29. The first-order chi connectivity index (χ1) is 7.66. The van der Waals surface area contributed by atoms with Crippen molar-refractivity contribution in [3.05, 3.63) is 0 Å². The molecule has 0 radical (unpaired) electrons. The van der Waals surface area contributed by atoms with Crippen molar-refractivity contribution in [2.45, 2.75) is 50.7 Å². The van der Waals surface area contributed by atoms with Crippen molar-refractivity contribution in [3.63, 3.8) is 0 Å². The van der Waals surface area contributed by atoms with Crippen LogP contribution in [0.5, 0.6) is 0 Å². The van der Waals surface area contributed by atoms with E-state index in [4.69, 9.17) is 0 Å². The summed E-state index contributed by atoms with van der Waals surface area (Å²) in [6, 6.07) is 2.07. The van der Waals surface area contributed by atoms with Gasteiger partial charge < -0.3 is 5.32 Å². The highest BCUT2D eigenvalue weighted by molar-refractivity contribution is 7.85. The van der Waals surface area contributed by atoms with Crippen LogP contribution in [0.15, 0.2) is 0 Å². The minimum Gasteiger partial charge on any atom is -0.312 e. The Hall–Kier alpha value is 0.0700. The molecule has 2 fully saturated rings. The van der Waals surface area contributed by atoms with Gasteiger partial charge in [0, 0.05) is 47.0 Å². The molecule has 0 aromatic rings. The summed E-state index contributed by atoms with van der Waals surface area (Å²) in [5, 5.41) is 3.63. The van der Waals surface area contributed by atoms with Crippen LogP contribution in [0.25, 0.3) is 0 Å². The maximum absolute atomic E-state index is 11.2. The normalized spacial score (nSPS) is 32.9. The number of rotatable bonds is 5. The second kappa shape index (κ2) is 5.61. The largest absolute Gasteiger partial charge is 0.312 e. The lowest BCUT2D eigenvalue weighted by molar-refractivity contribution is 0.234. The van der Waals surface area contributed by atoms with Crippen LogP contribution in [-0.2, 0) is 10.8 Å². The van der Waals surface area contributed by atoms with Crippen molar-refractivity contribution in [1.82, 2.24) is 10.2 Å². The van der Waals surface area contributed by atoms with E-state index in [0.717, 1.165) is 36.9 Å². The smallest absolute Gasteiger partial charge is 0.0249 e. The first-order valence-corrected chi connectivity index (χ1v) is 7.96. The first kappa shape index (κ1) is 12.5. The van der Waals surface area contributed by atoms with Crippen LogP contribution in [0.1, 0.15) is 32.6 Å². The van der Waals surface area contributed by atoms with E-state index in [-0.39, 0.29) is 0 Å². The molecule has 0 aromatic heterocycles. The second-order valence-electron chi connectivity index (χ2n) is 5.28. The summed E-state index contributed by atoms with van der Waals surface area (Å²) in [6.45, 7) is 3.37. The van der Waals surface area contributed by atoms with E-state index in [1.54, 1.807) is 0 Å². The van der Waals surface area contributed by atoms with Crippen LogP contribution in [-0.4, -0.2) is 52.3 Å². The predicted molar refractivity (Wildman–Crippen MR) is 69.1 cm³/mol. The molecule has 1 aliphatic heterocycles. The standard InChI is InChI=1S/C12H24N2OS/c1-10(14(2)12-3-4-12)9-13-11-5-7-16(15)8-6-11/h10-13H,3-9H2,1-2H3. The molecule has 1 aliphatic carbocycles. The van der Waals surface area contributed by atoms with E-state index >= 15 is 0 Å².